The van der Waals surface area contributed by atoms with E-state index in [0.29, 0.717) is 30.1 Å². The molecule has 3 rings (SSSR count). The number of ether oxygens (including phenoxy) is 1. The summed E-state index contributed by atoms with van der Waals surface area (Å²) in [5.74, 6) is -0.459. The molecule has 0 radical (unpaired) electrons. The zero-order chi connectivity index (χ0) is 18.5. The lowest BCUT2D eigenvalue weighted by Crippen LogP contribution is -2.40. The van der Waals surface area contributed by atoms with Crippen LogP contribution in [-0.4, -0.2) is 36.4 Å². The number of Topliss-reactive ketones (excluding diaryl/α,β-unsaturated/α-hetero) is 1. The molecule has 26 heavy (non-hydrogen) atoms. The summed E-state index contributed by atoms with van der Waals surface area (Å²) in [6, 6.07) is 9.01. The predicted octanol–water partition coefficient (Wildman–Crippen LogP) is 3.50. The third-order valence-corrected chi connectivity index (χ3v) is 4.50. The zero-order valence-corrected chi connectivity index (χ0v) is 14.7. The Kier molecular flexibility index (Phi) is 5.61. The van der Waals surface area contributed by atoms with Crippen molar-refractivity contribution in [3.63, 3.8) is 0 Å². The molecule has 1 aliphatic rings. The van der Waals surface area contributed by atoms with E-state index in [4.69, 9.17) is 4.74 Å². The normalized spacial score (nSPS) is 17.0. The molecule has 136 valence electrons. The Labute approximate surface area is 151 Å². The number of benzene rings is 1. The number of hydrogen-bond donors (Lipinski definition) is 0. The van der Waals surface area contributed by atoms with Gasteiger partial charge in [-0.1, -0.05) is 0 Å². The van der Waals surface area contributed by atoms with E-state index in [-0.39, 0.29) is 17.5 Å². The molecule has 6 heteroatoms. The number of aromatic nitrogens is 1. The Bertz CT molecular complexity index is 792. The van der Waals surface area contributed by atoms with Crippen molar-refractivity contribution in [2.45, 2.75) is 19.8 Å². The fourth-order valence-corrected chi connectivity index (χ4v) is 3.25. The summed E-state index contributed by atoms with van der Waals surface area (Å²) >= 11 is 0. The van der Waals surface area contributed by atoms with E-state index in [2.05, 4.69) is 4.98 Å². The summed E-state index contributed by atoms with van der Waals surface area (Å²) in [7, 11) is 0. The van der Waals surface area contributed by atoms with Crippen molar-refractivity contribution in [3.05, 3.63) is 59.5 Å². The maximum atomic E-state index is 13.1. The lowest BCUT2D eigenvalue weighted by molar-refractivity contribution is 0.0526. The monoisotopic (exact) mass is 356 g/mol. The van der Waals surface area contributed by atoms with Gasteiger partial charge in [0, 0.05) is 30.8 Å². The van der Waals surface area contributed by atoms with E-state index in [1.54, 1.807) is 25.3 Å². The average molecular weight is 356 g/mol. The molecule has 2 heterocycles. The van der Waals surface area contributed by atoms with Crippen molar-refractivity contribution in [3.8, 4) is 0 Å². The van der Waals surface area contributed by atoms with Crippen LogP contribution in [-0.2, 0) is 4.74 Å². The van der Waals surface area contributed by atoms with Crippen LogP contribution in [0.4, 0.5) is 10.2 Å². The second-order valence-electron chi connectivity index (χ2n) is 6.25. The number of carbonyl (C=O) groups excluding carboxylic acids is 2. The second kappa shape index (κ2) is 8.08. The number of rotatable bonds is 5. The van der Waals surface area contributed by atoms with E-state index >= 15 is 0 Å². The molecule has 0 saturated carbocycles. The number of carbonyl (C=O) groups is 2. The minimum Gasteiger partial charge on any atom is -0.462 e. The van der Waals surface area contributed by atoms with Gasteiger partial charge in [0.15, 0.2) is 5.78 Å². The molecule has 0 amide bonds. The Morgan fingerprint density at radius 1 is 1.27 bits per heavy atom. The van der Waals surface area contributed by atoms with Crippen LogP contribution < -0.4 is 4.90 Å². The van der Waals surface area contributed by atoms with Crippen LogP contribution in [0, 0.1) is 11.7 Å². The van der Waals surface area contributed by atoms with Gasteiger partial charge >= 0.3 is 5.97 Å². The molecule has 1 aromatic carbocycles. The largest absolute Gasteiger partial charge is 0.462 e. The number of halogens is 1. The molecule has 1 aliphatic heterocycles. The van der Waals surface area contributed by atoms with Gasteiger partial charge in [-0.25, -0.2) is 14.2 Å². The van der Waals surface area contributed by atoms with Crippen LogP contribution >= 0.6 is 0 Å². The van der Waals surface area contributed by atoms with Gasteiger partial charge in [-0.2, -0.15) is 0 Å². The van der Waals surface area contributed by atoms with Crippen LogP contribution in [0.5, 0.6) is 0 Å². The third kappa shape index (κ3) is 3.90. The van der Waals surface area contributed by atoms with Crippen LogP contribution in [0.2, 0.25) is 0 Å². The van der Waals surface area contributed by atoms with Crippen molar-refractivity contribution in [1.82, 2.24) is 4.98 Å². The molecule has 0 bridgehead atoms. The van der Waals surface area contributed by atoms with E-state index in [0.717, 1.165) is 19.4 Å². The number of pyridine rings is 1. The summed E-state index contributed by atoms with van der Waals surface area (Å²) in [5.41, 5.74) is 0.911. The summed E-state index contributed by atoms with van der Waals surface area (Å²) in [6.07, 6.45) is 3.20. The van der Waals surface area contributed by atoms with Crippen LogP contribution in [0.3, 0.4) is 0 Å². The summed E-state index contributed by atoms with van der Waals surface area (Å²) in [6.45, 7) is 3.24. The van der Waals surface area contributed by atoms with Crippen LogP contribution in [0.1, 0.15) is 40.5 Å². The Hall–Kier alpha value is -2.76. The topological polar surface area (TPSA) is 59.5 Å². The van der Waals surface area contributed by atoms with E-state index in [9.17, 15) is 14.0 Å². The van der Waals surface area contributed by atoms with Crippen molar-refractivity contribution in [1.29, 1.82) is 0 Å². The lowest BCUT2D eigenvalue weighted by Gasteiger charge is -2.33. The van der Waals surface area contributed by atoms with Crippen molar-refractivity contribution < 1.29 is 18.7 Å². The quantitative estimate of drug-likeness (QED) is 0.606. The van der Waals surface area contributed by atoms with Gasteiger partial charge in [0.05, 0.1) is 6.61 Å². The Balaban J connectivity index is 1.80. The van der Waals surface area contributed by atoms with Gasteiger partial charge in [-0.3, -0.25) is 4.79 Å². The number of piperidine rings is 1. The first-order valence-electron chi connectivity index (χ1n) is 8.77. The molecule has 5 nitrogen and oxygen atoms in total. The second-order valence-corrected chi connectivity index (χ2v) is 6.25. The fourth-order valence-electron chi connectivity index (χ4n) is 3.25. The molecule has 1 saturated heterocycles. The van der Waals surface area contributed by atoms with Gasteiger partial charge in [0.2, 0.25) is 0 Å². The third-order valence-electron chi connectivity index (χ3n) is 4.50. The first-order chi connectivity index (χ1) is 12.6. The molecular formula is C20H21FN2O3. The summed E-state index contributed by atoms with van der Waals surface area (Å²) < 4.78 is 18.2. The highest BCUT2D eigenvalue weighted by Gasteiger charge is 2.29. The smallest absolute Gasteiger partial charge is 0.341 e. The maximum Gasteiger partial charge on any atom is 0.341 e. The summed E-state index contributed by atoms with van der Waals surface area (Å²) in [4.78, 5) is 31.2. The van der Waals surface area contributed by atoms with Crippen LogP contribution in [0.15, 0.2) is 42.6 Å². The number of ketones is 1. The highest BCUT2D eigenvalue weighted by Crippen LogP contribution is 2.27. The van der Waals surface area contributed by atoms with E-state index in [1.165, 1.54) is 24.3 Å². The maximum absolute atomic E-state index is 13.1. The molecular weight excluding hydrogens is 335 g/mol. The zero-order valence-electron chi connectivity index (χ0n) is 14.7. The first kappa shape index (κ1) is 18.0. The minimum atomic E-state index is -0.414. The molecule has 0 spiro atoms. The van der Waals surface area contributed by atoms with Crippen molar-refractivity contribution >= 4 is 17.6 Å². The number of esters is 1. The molecule has 2 aromatic rings. The van der Waals surface area contributed by atoms with Gasteiger partial charge in [0.1, 0.15) is 17.2 Å². The minimum absolute atomic E-state index is 0.0108. The predicted molar refractivity (Wildman–Crippen MR) is 95.9 cm³/mol. The van der Waals surface area contributed by atoms with E-state index < -0.39 is 5.97 Å². The Morgan fingerprint density at radius 3 is 2.77 bits per heavy atom. The van der Waals surface area contributed by atoms with Gasteiger partial charge < -0.3 is 9.64 Å². The first-order valence-corrected chi connectivity index (χ1v) is 8.77. The van der Waals surface area contributed by atoms with E-state index in [1.807, 2.05) is 4.90 Å². The van der Waals surface area contributed by atoms with Gasteiger partial charge in [-0.15, -0.1) is 0 Å². The number of nitrogens with zero attached hydrogens (tertiary/aromatic N) is 2. The summed E-state index contributed by atoms with van der Waals surface area (Å²) in [5, 5.41) is 0. The van der Waals surface area contributed by atoms with Crippen molar-refractivity contribution in [2.24, 2.45) is 5.92 Å². The van der Waals surface area contributed by atoms with Gasteiger partial charge in [-0.05, 0) is 56.2 Å². The molecule has 1 aromatic heterocycles. The molecule has 1 fully saturated rings. The van der Waals surface area contributed by atoms with Gasteiger partial charge in [0.25, 0.3) is 0 Å². The molecule has 0 aliphatic carbocycles. The van der Waals surface area contributed by atoms with Crippen molar-refractivity contribution in [2.75, 3.05) is 24.6 Å². The standard InChI is InChI=1S/C20H21FN2O3/c1-2-26-20(25)17-6-3-11-22-19(17)23-12-4-5-15(13-23)18(24)14-7-9-16(21)10-8-14/h3,6-11,15H,2,4-5,12-13H2,1H3. The highest BCUT2D eigenvalue weighted by atomic mass is 19.1. The highest BCUT2D eigenvalue weighted by molar-refractivity contribution is 5.98. The average Bonchev–Trinajstić information content (AvgIpc) is 2.68. The molecule has 1 atom stereocenters. The molecule has 1 unspecified atom stereocenters. The SMILES string of the molecule is CCOC(=O)c1cccnc1N1CCCC(C(=O)c2ccc(F)cc2)C1. The number of hydrogen-bond acceptors (Lipinski definition) is 5. The molecule has 0 N–H and O–H groups in total. The fraction of sp³-hybridized carbons (Fsp3) is 0.350. The number of anilines is 1. The van der Waals surface area contributed by atoms with Crippen LogP contribution in [0.25, 0.3) is 0 Å². The Morgan fingerprint density at radius 2 is 2.04 bits per heavy atom. The lowest BCUT2D eigenvalue weighted by atomic mass is 9.90.